The predicted octanol–water partition coefficient (Wildman–Crippen LogP) is 0.968. The number of rotatable bonds is 4. The highest BCUT2D eigenvalue weighted by Gasteiger charge is 2.17. The van der Waals surface area contributed by atoms with Crippen LogP contribution in [0.3, 0.4) is 0 Å². The lowest BCUT2D eigenvalue weighted by molar-refractivity contribution is 0.0996. The smallest absolute Gasteiger partial charge is 0.183 e. The normalized spacial score (nSPS) is 9.93. The molecule has 0 saturated heterocycles. The molecule has 0 saturated carbocycles. The zero-order valence-corrected chi connectivity index (χ0v) is 8.23. The topological polar surface area (TPSA) is 83.5 Å². The Kier molecular flexibility index (Phi) is 3.46. The maximum atomic E-state index is 11.3. The third-order valence-corrected chi connectivity index (χ3v) is 2.07. The van der Waals surface area contributed by atoms with Crippen LogP contribution in [0.4, 0.5) is 0 Å². The van der Waals surface area contributed by atoms with E-state index < -0.39 is 5.78 Å². The molecule has 0 atom stereocenters. The summed E-state index contributed by atoms with van der Waals surface area (Å²) in [4.78, 5) is 11.3. The minimum atomic E-state index is -0.490. The van der Waals surface area contributed by atoms with Gasteiger partial charge in [-0.2, -0.15) is 0 Å². The number of hydrogen-bond acceptors (Lipinski definition) is 4. The molecular formula is C11H13NO3. The molecule has 0 unspecified atom stereocenters. The Bertz CT molecular complexity index is 399. The van der Waals surface area contributed by atoms with Gasteiger partial charge in [-0.3, -0.25) is 4.79 Å². The number of phenols is 2. The van der Waals surface area contributed by atoms with E-state index in [0.717, 1.165) is 0 Å². The van der Waals surface area contributed by atoms with Crippen molar-refractivity contribution in [2.45, 2.75) is 6.42 Å². The minimum absolute atomic E-state index is 0.114. The van der Waals surface area contributed by atoms with Gasteiger partial charge in [0, 0.05) is 0 Å². The van der Waals surface area contributed by atoms with Crippen molar-refractivity contribution < 1.29 is 15.0 Å². The van der Waals surface area contributed by atoms with E-state index in [4.69, 9.17) is 5.73 Å². The minimum Gasteiger partial charge on any atom is -0.507 e. The summed E-state index contributed by atoms with van der Waals surface area (Å²) in [6.45, 7) is 3.28. The van der Waals surface area contributed by atoms with E-state index in [2.05, 4.69) is 6.58 Å². The molecule has 1 rings (SSSR count). The summed E-state index contributed by atoms with van der Waals surface area (Å²) in [5.74, 6) is -0.961. The summed E-state index contributed by atoms with van der Waals surface area (Å²) in [5, 5.41) is 19.1. The molecule has 0 aliphatic carbocycles. The molecule has 4 nitrogen and oxygen atoms in total. The van der Waals surface area contributed by atoms with Crippen LogP contribution in [-0.4, -0.2) is 22.5 Å². The second kappa shape index (κ2) is 4.61. The first-order chi connectivity index (χ1) is 7.11. The highest BCUT2D eigenvalue weighted by atomic mass is 16.3. The predicted molar refractivity (Wildman–Crippen MR) is 57.1 cm³/mol. The average molecular weight is 207 g/mol. The van der Waals surface area contributed by atoms with Gasteiger partial charge in [-0.25, -0.2) is 0 Å². The van der Waals surface area contributed by atoms with E-state index in [1.165, 1.54) is 6.07 Å². The van der Waals surface area contributed by atoms with Crippen molar-refractivity contribution in [3.05, 3.63) is 35.9 Å². The number of nitrogens with two attached hydrogens (primary N) is 1. The van der Waals surface area contributed by atoms with Crippen molar-refractivity contribution in [1.29, 1.82) is 0 Å². The third kappa shape index (κ3) is 2.16. The van der Waals surface area contributed by atoms with Crippen LogP contribution in [0.25, 0.3) is 0 Å². The van der Waals surface area contributed by atoms with Gasteiger partial charge < -0.3 is 15.9 Å². The molecule has 0 aliphatic rings. The van der Waals surface area contributed by atoms with E-state index in [-0.39, 0.29) is 23.6 Å². The lowest BCUT2D eigenvalue weighted by Crippen LogP contribution is -2.14. The van der Waals surface area contributed by atoms with Gasteiger partial charge in [-0.15, -0.1) is 6.58 Å². The number of allylic oxidation sites excluding steroid dienone is 1. The number of Topliss-reactive ketones (excluding diaryl/α,β-unsaturated/α-hetero) is 1. The largest absolute Gasteiger partial charge is 0.507 e. The Morgan fingerprint density at radius 3 is 2.67 bits per heavy atom. The van der Waals surface area contributed by atoms with Crippen molar-refractivity contribution in [2.24, 2.45) is 5.73 Å². The monoisotopic (exact) mass is 207 g/mol. The number of aromatic hydroxyl groups is 2. The van der Waals surface area contributed by atoms with E-state index in [1.807, 2.05) is 0 Å². The Morgan fingerprint density at radius 2 is 2.13 bits per heavy atom. The van der Waals surface area contributed by atoms with E-state index >= 15 is 0 Å². The number of carbonyl (C=O) groups excluding carboxylic acids is 1. The van der Waals surface area contributed by atoms with E-state index in [9.17, 15) is 15.0 Å². The second-order valence-corrected chi connectivity index (χ2v) is 3.09. The van der Waals surface area contributed by atoms with Crippen molar-refractivity contribution >= 4 is 5.78 Å². The van der Waals surface area contributed by atoms with Crippen LogP contribution >= 0.6 is 0 Å². The van der Waals surface area contributed by atoms with Gasteiger partial charge in [0.2, 0.25) is 0 Å². The fourth-order valence-electron chi connectivity index (χ4n) is 1.32. The first-order valence-electron chi connectivity index (χ1n) is 4.49. The van der Waals surface area contributed by atoms with Gasteiger partial charge >= 0.3 is 0 Å². The molecule has 4 N–H and O–H groups in total. The van der Waals surface area contributed by atoms with Crippen LogP contribution in [0.2, 0.25) is 0 Å². The van der Waals surface area contributed by atoms with Crippen molar-refractivity contribution in [3.8, 4) is 11.5 Å². The van der Waals surface area contributed by atoms with Gasteiger partial charge in [0.05, 0.1) is 6.54 Å². The number of hydrogen-bond donors (Lipinski definition) is 3. The highest BCUT2D eigenvalue weighted by molar-refractivity contribution is 6.02. The molecule has 0 amide bonds. The molecule has 0 heterocycles. The maximum absolute atomic E-state index is 11.3. The SMILES string of the molecule is C=CCc1ccc(O)c(C(=O)CN)c1O. The summed E-state index contributed by atoms with van der Waals surface area (Å²) in [5.41, 5.74) is 5.60. The molecule has 80 valence electrons. The van der Waals surface area contributed by atoms with Gasteiger partial charge in [0.25, 0.3) is 0 Å². The Balaban J connectivity index is 3.29. The molecule has 1 aromatic carbocycles. The molecule has 0 fully saturated rings. The van der Waals surface area contributed by atoms with Crippen LogP contribution in [0.1, 0.15) is 15.9 Å². The molecule has 0 spiro atoms. The van der Waals surface area contributed by atoms with Crippen LogP contribution in [0.5, 0.6) is 11.5 Å². The Hall–Kier alpha value is -1.81. The fourth-order valence-corrected chi connectivity index (χ4v) is 1.32. The van der Waals surface area contributed by atoms with Crippen molar-refractivity contribution in [1.82, 2.24) is 0 Å². The highest BCUT2D eigenvalue weighted by Crippen LogP contribution is 2.31. The first-order valence-corrected chi connectivity index (χ1v) is 4.49. The van der Waals surface area contributed by atoms with Gasteiger partial charge in [-0.05, 0) is 18.1 Å². The number of phenolic OH excluding ortho intramolecular Hbond substituents is 2. The standard InChI is InChI=1S/C11H13NO3/c1-2-3-7-4-5-8(13)10(11(7)15)9(14)6-12/h2,4-5,13,15H,1,3,6,12H2. The zero-order chi connectivity index (χ0) is 11.4. The number of carbonyl (C=O) groups is 1. The summed E-state index contributed by atoms with van der Waals surface area (Å²) in [7, 11) is 0. The Morgan fingerprint density at radius 1 is 1.47 bits per heavy atom. The maximum Gasteiger partial charge on any atom is 0.183 e. The van der Waals surface area contributed by atoms with E-state index in [1.54, 1.807) is 12.1 Å². The summed E-state index contributed by atoms with van der Waals surface area (Å²) >= 11 is 0. The van der Waals surface area contributed by atoms with Crippen molar-refractivity contribution in [2.75, 3.05) is 6.54 Å². The number of benzene rings is 1. The van der Waals surface area contributed by atoms with Crippen LogP contribution in [0, 0.1) is 0 Å². The molecule has 0 radical (unpaired) electrons. The molecule has 0 aromatic heterocycles. The van der Waals surface area contributed by atoms with Gasteiger partial charge in [0.15, 0.2) is 5.78 Å². The molecule has 1 aromatic rings. The van der Waals surface area contributed by atoms with Gasteiger partial charge in [-0.1, -0.05) is 12.1 Å². The quantitative estimate of drug-likeness (QED) is 0.507. The van der Waals surface area contributed by atoms with Crippen LogP contribution in [-0.2, 0) is 6.42 Å². The first kappa shape index (κ1) is 11.3. The third-order valence-electron chi connectivity index (χ3n) is 2.07. The second-order valence-electron chi connectivity index (χ2n) is 3.09. The average Bonchev–Trinajstić information content (AvgIpc) is 2.22. The van der Waals surface area contributed by atoms with Crippen molar-refractivity contribution in [3.63, 3.8) is 0 Å². The molecule has 15 heavy (non-hydrogen) atoms. The zero-order valence-electron chi connectivity index (χ0n) is 8.23. The summed E-state index contributed by atoms with van der Waals surface area (Å²) < 4.78 is 0. The van der Waals surface area contributed by atoms with Gasteiger partial charge in [0.1, 0.15) is 17.1 Å². The summed E-state index contributed by atoms with van der Waals surface area (Å²) in [6, 6.07) is 2.90. The summed E-state index contributed by atoms with van der Waals surface area (Å²) in [6.07, 6.45) is 2.03. The van der Waals surface area contributed by atoms with Crippen LogP contribution in [0.15, 0.2) is 24.8 Å². The Labute approximate surface area is 87.7 Å². The molecular weight excluding hydrogens is 194 g/mol. The molecule has 4 heteroatoms. The number of ketones is 1. The van der Waals surface area contributed by atoms with E-state index in [0.29, 0.717) is 12.0 Å². The molecule has 0 bridgehead atoms. The lowest BCUT2D eigenvalue weighted by Gasteiger charge is -2.08. The molecule has 0 aliphatic heterocycles. The van der Waals surface area contributed by atoms with Crippen LogP contribution < -0.4 is 5.73 Å². The fraction of sp³-hybridized carbons (Fsp3) is 0.182. The lowest BCUT2D eigenvalue weighted by atomic mass is 10.0.